The summed E-state index contributed by atoms with van der Waals surface area (Å²) in [6.07, 6.45) is 0.492. The van der Waals surface area contributed by atoms with E-state index in [1.165, 1.54) is 12.1 Å². The van der Waals surface area contributed by atoms with Crippen LogP contribution >= 0.6 is 0 Å². The molecule has 0 amide bonds. The van der Waals surface area contributed by atoms with Crippen molar-refractivity contribution in [3.05, 3.63) is 106 Å². The van der Waals surface area contributed by atoms with Crippen LogP contribution < -0.4 is 4.74 Å². The smallest absolute Gasteiger partial charge is 0.269 e. The third-order valence-corrected chi connectivity index (χ3v) is 5.43. The van der Waals surface area contributed by atoms with Gasteiger partial charge in [-0.2, -0.15) is 0 Å². The first-order valence-corrected chi connectivity index (χ1v) is 11.0. The highest BCUT2D eigenvalue weighted by atomic mass is 16.7. The normalized spacial score (nSPS) is 20.3. The van der Waals surface area contributed by atoms with Gasteiger partial charge in [-0.3, -0.25) is 10.1 Å². The molecular weight excluding hydrogens is 422 g/mol. The number of nitrogens with zero attached hydrogens (tertiary/aromatic N) is 1. The van der Waals surface area contributed by atoms with E-state index in [1.807, 2.05) is 60.7 Å². The summed E-state index contributed by atoms with van der Waals surface area (Å²) in [5.74, 6) is 0.491. The van der Waals surface area contributed by atoms with Crippen LogP contribution in [0.5, 0.6) is 5.75 Å². The first-order chi connectivity index (χ1) is 16.2. The van der Waals surface area contributed by atoms with Gasteiger partial charge in [0.1, 0.15) is 11.9 Å². The van der Waals surface area contributed by atoms with E-state index in [1.54, 1.807) is 12.1 Å². The second-order valence-corrected chi connectivity index (χ2v) is 7.91. The van der Waals surface area contributed by atoms with Crippen molar-refractivity contribution in [2.24, 2.45) is 0 Å². The molecule has 0 radical (unpaired) electrons. The van der Waals surface area contributed by atoms with Gasteiger partial charge in [-0.1, -0.05) is 60.7 Å². The Kier molecular flexibility index (Phi) is 8.03. The Balaban J connectivity index is 1.37. The summed E-state index contributed by atoms with van der Waals surface area (Å²) in [5, 5.41) is 10.9. The molecule has 4 rings (SSSR count). The number of benzene rings is 3. The van der Waals surface area contributed by atoms with Gasteiger partial charge in [-0.25, -0.2) is 0 Å². The van der Waals surface area contributed by atoms with Crippen molar-refractivity contribution in [2.75, 3.05) is 6.61 Å². The molecule has 0 saturated carbocycles. The maximum Gasteiger partial charge on any atom is 0.269 e. The van der Waals surface area contributed by atoms with E-state index in [4.69, 9.17) is 18.9 Å². The fraction of sp³-hybridized carbons (Fsp3) is 0.308. The zero-order valence-corrected chi connectivity index (χ0v) is 18.2. The van der Waals surface area contributed by atoms with Crippen molar-refractivity contribution in [3.63, 3.8) is 0 Å². The summed E-state index contributed by atoms with van der Waals surface area (Å²) in [5.41, 5.74) is 2.19. The molecule has 1 aliphatic heterocycles. The molecule has 7 nitrogen and oxygen atoms in total. The zero-order chi connectivity index (χ0) is 22.9. The third kappa shape index (κ3) is 6.86. The average Bonchev–Trinajstić information content (AvgIpc) is 2.85. The molecule has 1 heterocycles. The van der Waals surface area contributed by atoms with E-state index in [-0.39, 0.29) is 17.9 Å². The first kappa shape index (κ1) is 22.9. The van der Waals surface area contributed by atoms with Gasteiger partial charge >= 0.3 is 0 Å². The summed E-state index contributed by atoms with van der Waals surface area (Å²) in [6.45, 7) is 1.41. The Bertz CT molecular complexity index is 996. The van der Waals surface area contributed by atoms with Crippen molar-refractivity contribution in [2.45, 2.75) is 44.6 Å². The second-order valence-electron chi connectivity index (χ2n) is 7.91. The minimum Gasteiger partial charge on any atom is -0.462 e. The molecule has 172 valence electrons. The molecule has 0 unspecified atom stereocenters. The monoisotopic (exact) mass is 449 g/mol. The molecule has 1 saturated heterocycles. The molecule has 0 bridgehead atoms. The molecule has 7 heteroatoms. The average molecular weight is 450 g/mol. The zero-order valence-electron chi connectivity index (χ0n) is 18.2. The van der Waals surface area contributed by atoms with E-state index in [2.05, 4.69) is 0 Å². The van der Waals surface area contributed by atoms with Crippen LogP contribution in [-0.2, 0) is 27.4 Å². The van der Waals surface area contributed by atoms with Crippen LogP contribution in [0.25, 0.3) is 0 Å². The first-order valence-electron chi connectivity index (χ1n) is 11.0. The number of rotatable bonds is 10. The van der Waals surface area contributed by atoms with E-state index in [9.17, 15) is 10.1 Å². The number of hydrogen-bond donors (Lipinski definition) is 0. The van der Waals surface area contributed by atoms with Gasteiger partial charge in [-0.05, 0) is 36.1 Å². The van der Waals surface area contributed by atoms with E-state index in [0.29, 0.717) is 25.6 Å². The molecule has 0 aromatic heterocycles. The van der Waals surface area contributed by atoms with Gasteiger partial charge in [0.05, 0.1) is 30.8 Å². The van der Waals surface area contributed by atoms with Crippen LogP contribution in [0.2, 0.25) is 0 Å². The Morgan fingerprint density at radius 1 is 0.848 bits per heavy atom. The summed E-state index contributed by atoms with van der Waals surface area (Å²) in [6, 6.07) is 25.9. The van der Waals surface area contributed by atoms with E-state index in [0.717, 1.165) is 24.0 Å². The fourth-order valence-electron chi connectivity index (χ4n) is 3.66. The lowest BCUT2D eigenvalue weighted by Gasteiger charge is -2.36. The largest absolute Gasteiger partial charge is 0.462 e. The van der Waals surface area contributed by atoms with Crippen LogP contribution in [0.15, 0.2) is 84.9 Å². The van der Waals surface area contributed by atoms with Crippen molar-refractivity contribution in [1.29, 1.82) is 0 Å². The van der Waals surface area contributed by atoms with Gasteiger partial charge in [0.25, 0.3) is 5.69 Å². The van der Waals surface area contributed by atoms with Gasteiger partial charge in [0.2, 0.25) is 6.29 Å². The maximum absolute atomic E-state index is 10.9. The molecule has 3 aromatic carbocycles. The highest BCUT2D eigenvalue weighted by Crippen LogP contribution is 2.27. The number of non-ortho nitro benzene ring substituents is 1. The van der Waals surface area contributed by atoms with Gasteiger partial charge in [0.15, 0.2) is 0 Å². The summed E-state index contributed by atoms with van der Waals surface area (Å²) in [4.78, 5) is 10.5. The van der Waals surface area contributed by atoms with E-state index >= 15 is 0 Å². The molecule has 0 N–H and O–H groups in total. The highest BCUT2D eigenvalue weighted by Gasteiger charge is 2.34. The summed E-state index contributed by atoms with van der Waals surface area (Å²) < 4.78 is 24.3. The van der Waals surface area contributed by atoms with Crippen LogP contribution in [0.3, 0.4) is 0 Å². The standard InChI is InChI=1S/C26H27NO6/c28-27(29)22-11-13-23(14-12-22)32-26-25(31-18-21-9-5-2-6-10-21)16-15-24(33-26)19-30-17-20-7-3-1-4-8-20/h1-14,24-26H,15-19H2/t24-,25+,26+/m0/s1. The van der Waals surface area contributed by atoms with Crippen LogP contribution in [-0.4, -0.2) is 30.0 Å². The Morgan fingerprint density at radius 2 is 1.48 bits per heavy atom. The molecule has 0 spiro atoms. The number of nitro benzene ring substituents is 1. The minimum absolute atomic E-state index is 0.0102. The van der Waals surface area contributed by atoms with Crippen molar-refractivity contribution >= 4 is 5.69 Å². The lowest BCUT2D eigenvalue weighted by molar-refractivity contribution is -0.384. The van der Waals surface area contributed by atoms with Crippen LogP contribution in [0.4, 0.5) is 5.69 Å². The van der Waals surface area contributed by atoms with Crippen LogP contribution in [0, 0.1) is 10.1 Å². The van der Waals surface area contributed by atoms with Crippen molar-refractivity contribution in [1.82, 2.24) is 0 Å². The topological polar surface area (TPSA) is 80.1 Å². The third-order valence-electron chi connectivity index (χ3n) is 5.43. The summed E-state index contributed by atoms with van der Waals surface area (Å²) >= 11 is 0. The van der Waals surface area contributed by atoms with E-state index < -0.39 is 11.2 Å². The Hall–Kier alpha value is -3.26. The molecule has 0 aliphatic carbocycles. The quantitative estimate of drug-likeness (QED) is 0.309. The molecule has 1 aliphatic rings. The number of ether oxygens (including phenoxy) is 4. The SMILES string of the molecule is O=[N+]([O-])c1ccc(O[C@@H]2O[C@H](COCc3ccccc3)CC[C@H]2OCc2ccccc2)cc1. The molecular formula is C26H27NO6. The number of hydrogen-bond acceptors (Lipinski definition) is 6. The molecule has 1 fully saturated rings. The minimum atomic E-state index is -0.644. The molecule has 3 aromatic rings. The predicted molar refractivity (Wildman–Crippen MR) is 123 cm³/mol. The highest BCUT2D eigenvalue weighted by molar-refractivity contribution is 5.36. The van der Waals surface area contributed by atoms with Gasteiger partial charge in [-0.15, -0.1) is 0 Å². The Labute approximate surface area is 193 Å². The van der Waals surface area contributed by atoms with Gasteiger partial charge in [0, 0.05) is 12.1 Å². The number of nitro groups is 1. The summed E-state index contributed by atoms with van der Waals surface area (Å²) in [7, 11) is 0. The Morgan fingerprint density at radius 3 is 2.12 bits per heavy atom. The fourth-order valence-corrected chi connectivity index (χ4v) is 3.66. The van der Waals surface area contributed by atoms with Crippen molar-refractivity contribution < 1.29 is 23.9 Å². The second kappa shape index (κ2) is 11.6. The molecule has 33 heavy (non-hydrogen) atoms. The predicted octanol–water partition coefficient (Wildman–Crippen LogP) is 5.28. The van der Waals surface area contributed by atoms with Crippen LogP contribution in [0.1, 0.15) is 24.0 Å². The lowest BCUT2D eigenvalue weighted by Crippen LogP contribution is -2.45. The molecule has 3 atom stereocenters. The lowest BCUT2D eigenvalue weighted by atomic mass is 10.1. The van der Waals surface area contributed by atoms with Gasteiger partial charge < -0.3 is 18.9 Å². The van der Waals surface area contributed by atoms with Crippen molar-refractivity contribution in [3.8, 4) is 5.75 Å². The maximum atomic E-state index is 10.9.